The topological polar surface area (TPSA) is 112 Å². The first-order chi connectivity index (χ1) is 9.78. The Bertz CT molecular complexity index is 859. The lowest BCUT2D eigenvalue weighted by Crippen LogP contribution is -2.30. The second-order valence-corrected chi connectivity index (χ2v) is 6.40. The lowest BCUT2D eigenvalue weighted by molar-refractivity contribution is 0.377. The molecule has 0 saturated carbocycles. The molecule has 21 heavy (non-hydrogen) atoms. The number of nitrogens with one attached hydrogen (secondary N) is 1. The van der Waals surface area contributed by atoms with Gasteiger partial charge >= 0.3 is 13.3 Å². The van der Waals surface area contributed by atoms with E-state index >= 15 is 0 Å². The monoisotopic (exact) mass is 310 g/mol. The van der Waals surface area contributed by atoms with Crippen LogP contribution in [0.25, 0.3) is 10.9 Å². The number of H-pyrrole nitrogens is 1. The molecular weight excluding hydrogens is 295 g/mol. The maximum atomic E-state index is 11.8. The van der Waals surface area contributed by atoms with Gasteiger partial charge in [0.15, 0.2) is 0 Å². The summed E-state index contributed by atoms with van der Waals surface area (Å²) in [5.74, 6) is 0. The first kappa shape index (κ1) is 15.4. The van der Waals surface area contributed by atoms with Gasteiger partial charge in [-0.05, 0) is 19.1 Å². The Hall–Kier alpha value is -1.95. The number of fused-ring (bicyclic) bond motifs is 1. The van der Waals surface area contributed by atoms with E-state index in [0.29, 0.717) is 10.9 Å². The summed E-state index contributed by atoms with van der Waals surface area (Å²) in [4.78, 5) is 43.4. The molecule has 0 aliphatic heterocycles. The normalized spacial score (nSPS) is 12.3. The molecular formula is C13H15N2O5P. The van der Waals surface area contributed by atoms with Crippen LogP contribution >= 0.6 is 7.60 Å². The van der Waals surface area contributed by atoms with Crippen molar-refractivity contribution in [3.63, 3.8) is 0 Å². The van der Waals surface area contributed by atoms with E-state index in [9.17, 15) is 14.2 Å². The van der Waals surface area contributed by atoms with Crippen LogP contribution in [0.5, 0.6) is 0 Å². The van der Waals surface area contributed by atoms with Crippen molar-refractivity contribution in [2.75, 3.05) is 6.16 Å². The first-order valence-electron chi connectivity index (χ1n) is 6.21. The van der Waals surface area contributed by atoms with Gasteiger partial charge in [-0.1, -0.05) is 23.8 Å². The van der Waals surface area contributed by atoms with Gasteiger partial charge < -0.3 is 9.79 Å². The smallest absolute Gasteiger partial charge is 0.324 e. The van der Waals surface area contributed by atoms with Crippen molar-refractivity contribution in [1.82, 2.24) is 9.55 Å². The molecule has 0 unspecified atom stereocenters. The minimum Gasteiger partial charge on any atom is -0.324 e. The number of hydrogen-bond donors (Lipinski definition) is 3. The summed E-state index contributed by atoms with van der Waals surface area (Å²) >= 11 is 0. The SMILES string of the molecule is Cc1ccc2c(c1)c(=O)[nH]c(=O)n2CC=CCP(=O)(O)O. The van der Waals surface area contributed by atoms with Gasteiger partial charge in [-0.15, -0.1) is 0 Å². The van der Waals surface area contributed by atoms with Gasteiger partial charge in [0.1, 0.15) is 0 Å². The number of rotatable bonds is 4. The molecule has 1 heterocycles. The molecule has 0 radical (unpaired) electrons. The molecule has 2 rings (SSSR count). The molecule has 2 aromatic rings. The highest BCUT2D eigenvalue weighted by Crippen LogP contribution is 2.33. The van der Waals surface area contributed by atoms with Crippen LogP contribution in [0.4, 0.5) is 0 Å². The van der Waals surface area contributed by atoms with Crippen molar-refractivity contribution in [3.8, 4) is 0 Å². The summed E-state index contributed by atoms with van der Waals surface area (Å²) in [5, 5.41) is 0.401. The molecule has 0 aliphatic carbocycles. The van der Waals surface area contributed by atoms with E-state index < -0.39 is 18.8 Å². The average Bonchev–Trinajstić information content (AvgIpc) is 2.37. The van der Waals surface area contributed by atoms with E-state index in [1.54, 1.807) is 18.2 Å². The van der Waals surface area contributed by atoms with Crippen LogP contribution < -0.4 is 11.2 Å². The van der Waals surface area contributed by atoms with E-state index in [4.69, 9.17) is 9.79 Å². The second-order valence-electron chi connectivity index (χ2n) is 4.71. The Morgan fingerprint density at radius 2 is 2.00 bits per heavy atom. The van der Waals surface area contributed by atoms with E-state index in [-0.39, 0.29) is 12.7 Å². The van der Waals surface area contributed by atoms with Gasteiger partial charge in [0, 0.05) is 6.54 Å². The molecule has 112 valence electrons. The van der Waals surface area contributed by atoms with E-state index in [0.717, 1.165) is 5.56 Å². The Morgan fingerprint density at radius 1 is 1.29 bits per heavy atom. The van der Waals surface area contributed by atoms with Crippen LogP contribution in [-0.4, -0.2) is 25.5 Å². The van der Waals surface area contributed by atoms with E-state index in [2.05, 4.69) is 4.98 Å². The van der Waals surface area contributed by atoms with Gasteiger partial charge in [-0.25, -0.2) is 4.79 Å². The Balaban J connectivity index is 2.42. The summed E-state index contributed by atoms with van der Waals surface area (Å²) in [6, 6.07) is 5.15. The molecule has 0 amide bonds. The summed E-state index contributed by atoms with van der Waals surface area (Å²) < 4.78 is 12.1. The van der Waals surface area contributed by atoms with Crippen molar-refractivity contribution in [2.24, 2.45) is 0 Å². The summed E-state index contributed by atoms with van der Waals surface area (Å²) in [6.07, 6.45) is 2.42. The predicted molar refractivity (Wildman–Crippen MR) is 79.6 cm³/mol. The number of aryl methyl sites for hydroxylation is 1. The Morgan fingerprint density at radius 3 is 2.67 bits per heavy atom. The van der Waals surface area contributed by atoms with Crippen molar-refractivity contribution < 1.29 is 14.4 Å². The third kappa shape index (κ3) is 3.78. The van der Waals surface area contributed by atoms with Crippen LogP contribution in [0.3, 0.4) is 0 Å². The highest BCUT2D eigenvalue weighted by Gasteiger charge is 2.09. The highest BCUT2D eigenvalue weighted by atomic mass is 31.2. The molecule has 0 aliphatic rings. The largest absolute Gasteiger partial charge is 0.329 e. The lowest BCUT2D eigenvalue weighted by Gasteiger charge is -2.07. The molecule has 1 aromatic heterocycles. The molecule has 0 spiro atoms. The van der Waals surface area contributed by atoms with Crippen LogP contribution in [-0.2, 0) is 11.1 Å². The van der Waals surface area contributed by atoms with Crippen LogP contribution in [0.1, 0.15) is 5.56 Å². The average molecular weight is 310 g/mol. The number of benzene rings is 1. The Labute approximate surface area is 119 Å². The molecule has 0 fully saturated rings. The third-order valence-corrected chi connectivity index (χ3v) is 3.64. The van der Waals surface area contributed by atoms with Gasteiger partial charge in [-0.2, -0.15) is 0 Å². The van der Waals surface area contributed by atoms with Gasteiger partial charge in [-0.3, -0.25) is 18.9 Å². The molecule has 1 aromatic carbocycles. The van der Waals surface area contributed by atoms with Crippen LogP contribution in [0.15, 0.2) is 39.9 Å². The van der Waals surface area contributed by atoms with E-state index in [1.807, 2.05) is 6.92 Å². The fourth-order valence-electron chi connectivity index (χ4n) is 1.98. The molecule has 3 N–H and O–H groups in total. The quantitative estimate of drug-likeness (QED) is 0.569. The minimum absolute atomic E-state index is 0.120. The fraction of sp³-hybridized carbons (Fsp3) is 0.231. The predicted octanol–water partition coefficient (Wildman–Crippen LogP) is 0.732. The molecule has 7 nitrogen and oxygen atoms in total. The number of allylic oxidation sites excluding steroid dienone is 2. The molecule has 0 atom stereocenters. The number of nitrogens with zero attached hydrogens (tertiary/aromatic N) is 1. The standard InChI is InChI=1S/C13H15N2O5P/c1-9-4-5-11-10(8-9)12(16)14-13(17)15(11)6-2-3-7-21(18,19)20/h2-5,8H,6-7H2,1H3,(H,14,16,17)(H2,18,19,20). The summed E-state index contributed by atoms with van der Waals surface area (Å²) in [7, 11) is -4.09. The van der Waals surface area contributed by atoms with Gasteiger partial charge in [0.25, 0.3) is 5.56 Å². The zero-order valence-corrected chi connectivity index (χ0v) is 12.2. The highest BCUT2D eigenvalue weighted by molar-refractivity contribution is 7.51. The summed E-state index contributed by atoms with van der Waals surface area (Å²) in [6.45, 7) is 1.96. The number of aromatic amines is 1. The number of hydrogen-bond acceptors (Lipinski definition) is 3. The van der Waals surface area contributed by atoms with E-state index in [1.165, 1.54) is 16.7 Å². The van der Waals surface area contributed by atoms with Crippen molar-refractivity contribution in [2.45, 2.75) is 13.5 Å². The Kier molecular flexibility index (Phi) is 4.27. The number of aromatic nitrogens is 2. The van der Waals surface area contributed by atoms with Crippen molar-refractivity contribution in [1.29, 1.82) is 0 Å². The zero-order valence-electron chi connectivity index (χ0n) is 11.3. The lowest BCUT2D eigenvalue weighted by atomic mass is 10.1. The maximum absolute atomic E-state index is 11.8. The van der Waals surface area contributed by atoms with Crippen molar-refractivity contribution in [3.05, 3.63) is 56.8 Å². The first-order valence-corrected chi connectivity index (χ1v) is 8.01. The minimum atomic E-state index is -4.09. The van der Waals surface area contributed by atoms with Gasteiger partial charge in [0.2, 0.25) is 0 Å². The van der Waals surface area contributed by atoms with Crippen molar-refractivity contribution >= 4 is 18.5 Å². The fourth-order valence-corrected chi connectivity index (χ4v) is 2.41. The van der Waals surface area contributed by atoms with Crippen LogP contribution in [0, 0.1) is 6.92 Å². The molecule has 0 saturated heterocycles. The summed E-state index contributed by atoms with van der Waals surface area (Å²) in [5.41, 5.74) is 0.372. The second kappa shape index (κ2) is 5.81. The third-order valence-electron chi connectivity index (χ3n) is 2.95. The maximum Gasteiger partial charge on any atom is 0.329 e. The molecule has 0 bridgehead atoms. The van der Waals surface area contributed by atoms with Crippen LogP contribution in [0.2, 0.25) is 0 Å². The molecule has 8 heteroatoms. The zero-order chi connectivity index (χ0) is 15.6. The van der Waals surface area contributed by atoms with Gasteiger partial charge in [0.05, 0.1) is 17.1 Å².